The number of nitrogens with one attached hydrogen (secondary N) is 4. The van der Waals surface area contributed by atoms with Crippen LogP contribution in [0.15, 0.2) is 0 Å². The monoisotopic (exact) mass is 972 g/mol. The molecular weight excluding hydrogens is 883 g/mol. The molecule has 0 heterocycles. The molecule has 0 aliphatic heterocycles. The Hall–Kier alpha value is -3.93. The lowest BCUT2D eigenvalue weighted by Gasteiger charge is -2.18. The largest absolute Gasteiger partial charge is 0.481 e. The van der Waals surface area contributed by atoms with Crippen LogP contribution in [0.1, 0.15) is 213 Å². The van der Waals surface area contributed by atoms with E-state index in [0.717, 1.165) is 44.9 Å². The third-order valence-corrected chi connectivity index (χ3v) is 12.3. The van der Waals surface area contributed by atoms with E-state index in [1.807, 2.05) is 0 Å². The molecule has 0 aromatic carbocycles. The molecule has 18 heteroatoms. The van der Waals surface area contributed by atoms with E-state index in [9.17, 15) is 38.4 Å². The Morgan fingerprint density at radius 2 is 0.970 bits per heavy atom. The highest BCUT2D eigenvalue weighted by molar-refractivity contribution is 7.99. The number of nitrogens with two attached hydrogens (primary N) is 1. The Balaban J connectivity index is 4.68. The molecule has 0 fully saturated rings. The standard InChI is InChI=1S/C49H89N5O12S/c1-3-5-7-9-11-13-15-17-19-21-23-25-27-29-45(60)65-37-39(66-46(61)30-28-26-24-22-20-18-16-14-12-10-8-6-4-2)38-67-34-33-41(55)54-47(50)48(62)52-35-42(56)51-36-43(57)53-40(49(63)64)31-32-44(58)59/h39-40,47H,3-38,50H2,1-2H3,(H,51,56)(H,52,62)(H,53,57)(H,54,55)(H,58,59)(H,63,64)/t39-,40?,47-/m1/s1. The van der Waals surface area contributed by atoms with Gasteiger partial charge in [-0.05, 0) is 19.3 Å². The summed E-state index contributed by atoms with van der Waals surface area (Å²) in [5, 5.41) is 26.8. The van der Waals surface area contributed by atoms with Crippen molar-refractivity contribution in [1.82, 2.24) is 21.3 Å². The number of carboxylic acids is 2. The van der Waals surface area contributed by atoms with Crippen LogP contribution in [-0.4, -0.2) is 107 Å². The zero-order chi connectivity index (χ0) is 49.8. The molecule has 3 atom stereocenters. The number of carboxylic acid groups (broad SMARTS) is 2. The lowest BCUT2D eigenvalue weighted by molar-refractivity contribution is -0.157. The SMILES string of the molecule is CCCCCCCCCCCCCCCC(=O)OC[C@H](CSCCC(=O)N[C@@H](N)C(=O)NCC(=O)NCC(=O)NC(CCC(=O)O)C(=O)O)OC(=O)CCCCCCCCCCCCCCC. The van der Waals surface area contributed by atoms with Gasteiger partial charge in [0, 0.05) is 37.2 Å². The van der Waals surface area contributed by atoms with Gasteiger partial charge in [-0.2, -0.15) is 11.8 Å². The molecule has 8 N–H and O–H groups in total. The van der Waals surface area contributed by atoms with E-state index in [0.29, 0.717) is 6.42 Å². The van der Waals surface area contributed by atoms with E-state index in [-0.39, 0.29) is 49.3 Å². The van der Waals surface area contributed by atoms with Crippen LogP contribution in [0.4, 0.5) is 0 Å². The van der Waals surface area contributed by atoms with Gasteiger partial charge in [0.2, 0.25) is 17.7 Å². The summed E-state index contributed by atoms with van der Waals surface area (Å²) in [6.45, 7) is 3.15. The van der Waals surface area contributed by atoms with Gasteiger partial charge in [0.1, 0.15) is 18.8 Å². The van der Waals surface area contributed by atoms with Crippen LogP contribution < -0.4 is 27.0 Å². The van der Waals surface area contributed by atoms with Gasteiger partial charge in [0.05, 0.1) is 13.1 Å². The van der Waals surface area contributed by atoms with Gasteiger partial charge in [0.15, 0.2) is 6.17 Å². The molecule has 0 rings (SSSR count). The van der Waals surface area contributed by atoms with Gasteiger partial charge in [-0.3, -0.25) is 33.6 Å². The van der Waals surface area contributed by atoms with Crippen molar-refractivity contribution in [3.05, 3.63) is 0 Å². The number of thioether (sulfide) groups is 1. The van der Waals surface area contributed by atoms with Crippen molar-refractivity contribution in [3.63, 3.8) is 0 Å². The molecule has 4 amide bonds. The van der Waals surface area contributed by atoms with Crippen LogP contribution in [0.25, 0.3) is 0 Å². The fourth-order valence-corrected chi connectivity index (χ4v) is 8.10. The number of amides is 4. The highest BCUT2D eigenvalue weighted by Crippen LogP contribution is 2.16. The van der Waals surface area contributed by atoms with Crippen molar-refractivity contribution < 1.29 is 58.0 Å². The first-order valence-electron chi connectivity index (χ1n) is 25.5. The maximum atomic E-state index is 12.8. The molecular formula is C49H89N5O12S. The number of unbranched alkanes of at least 4 members (excludes halogenated alkanes) is 24. The van der Waals surface area contributed by atoms with E-state index in [1.165, 1.54) is 134 Å². The van der Waals surface area contributed by atoms with Crippen molar-refractivity contribution in [2.45, 2.75) is 231 Å². The van der Waals surface area contributed by atoms with Crippen LogP contribution in [0.2, 0.25) is 0 Å². The molecule has 0 radical (unpaired) electrons. The summed E-state index contributed by atoms with van der Waals surface area (Å²) in [5.74, 6) is -5.91. The summed E-state index contributed by atoms with van der Waals surface area (Å²) in [4.78, 5) is 96.5. The molecule has 0 aliphatic rings. The predicted octanol–water partition coefficient (Wildman–Crippen LogP) is 7.59. The first-order valence-corrected chi connectivity index (χ1v) is 26.7. The highest BCUT2D eigenvalue weighted by atomic mass is 32.2. The zero-order valence-corrected chi connectivity index (χ0v) is 42.0. The van der Waals surface area contributed by atoms with Crippen LogP contribution in [-0.2, 0) is 47.8 Å². The number of aliphatic carboxylic acids is 2. The highest BCUT2D eigenvalue weighted by Gasteiger charge is 2.22. The zero-order valence-electron chi connectivity index (χ0n) is 41.2. The summed E-state index contributed by atoms with van der Waals surface area (Å²) < 4.78 is 11.3. The fourth-order valence-electron chi connectivity index (χ4n) is 7.17. The topological polar surface area (TPSA) is 270 Å². The molecule has 0 aromatic heterocycles. The van der Waals surface area contributed by atoms with Gasteiger partial charge in [-0.15, -0.1) is 0 Å². The van der Waals surface area contributed by atoms with Gasteiger partial charge in [0.25, 0.3) is 5.91 Å². The maximum absolute atomic E-state index is 12.8. The average Bonchev–Trinajstić information content (AvgIpc) is 3.29. The molecule has 0 bridgehead atoms. The van der Waals surface area contributed by atoms with E-state index in [4.69, 9.17) is 25.4 Å². The Bertz CT molecular complexity index is 1370. The summed E-state index contributed by atoms with van der Waals surface area (Å²) >= 11 is 1.32. The molecule has 388 valence electrons. The third-order valence-electron chi connectivity index (χ3n) is 11.2. The molecule has 0 aliphatic carbocycles. The minimum atomic E-state index is -1.49. The second-order valence-corrected chi connectivity index (χ2v) is 18.7. The molecule has 0 spiro atoms. The molecule has 67 heavy (non-hydrogen) atoms. The minimum absolute atomic E-state index is 0.0382. The first kappa shape index (κ1) is 63.1. The van der Waals surface area contributed by atoms with E-state index in [1.54, 1.807) is 0 Å². The van der Waals surface area contributed by atoms with Crippen molar-refractivity contribution in [2.75, 3.05) is 31.2 Å². The van der Waals surface area contributed by atoms with Crippen molar-refractivity contribution in [2.24, 2.45) is 5.73 Å². The average molecular weight is 972 g/mol. The lowest BCUT2D eigenvalue weighted by atomic mass is 10.0. The lowest BCUT2D eigenvalue weighted by Crippen LogP contribution is -2.54. The Kier molecular flexibility index (Phi) is 42.0. The second-order valence-electron chi connectivity index (χ2n) is 17.5. The number of ether oxygens (including phenoxy) is 2. The van der Waals surface area contributed by atoms with Crippen molar-refractivity contribution in [1.29, 1.82) is 0 Å². The summed E-state index contributed by atoms with van der Waals surface area (Å²) in [6, 6.07) is -1.46. The van der Waals surface area contributed by atoms with Gasteiger partial charge in [-0.1, -0.05) is 168 Å². The molecule has 0 saturated heterocycles. The predicted molar refractivity (Wildman–Crippen MR) is 262 cm³/mol. The second kappa shape index (κ2) is 44.6. The van der Waals surface area contributed by atoms with Crippen LogP contribution >= 0.6 is 11.8 Å². The Labute approximate surface area is 405 Å². The van der Waals surface area contributed by atoms with E-state index < -0.39 is 73.4 Å². The van der Waals surface area contributed by atoms with Crippen molar-refractivity contribution >= 4 is 59.3 Å². The number of esters is 2. The van der Waals surface area contributed by atoms with Gasteiger partial charge in [-0.25, -0.2) is 4.79 Å². The normalized spacial score (nSPS) is 12.3. The number of hydrogen-bond acceptors (Lipinski definition) is 12. The van der Waals surface area contributed by atoms with Crippen LogP contribution in [0.3, 0.4) is 0 Å². The summed E-state index contributed by atoms with van der Waals surface area (Å²) in [5.41, 5.74) is 5.79. The van der Waals surface area contributed by atoms with Gasteiger partial charge < -0.3 is 46.7 Å². The number of rotatable bonds is 47. The van der Waals surface area contributed by atoms with Gasteiger partial charge >= 0.3 is 23.9 Å². The molecule has 0 aromatic rings. The number of carbonyl (C=O) groups excluding carboxylic acids is 6. The van der Waals surface area contributed by atoms with Crippen LogP contribution in [0, 0.1) is 0 Å². The third kappa shape index (κ3) is 41.9. The molecule has 0 saturated carbocycles. The summed E-state index contributed by atoms with van der Waals surface area (Å²) in [6.07, 6.45) is 28.7. The maximum Gasteiger partial charge on any atom is 0.326 e. The quantitative estimate of drug-likeness (QED) is 0.0176. The van der Waals surface area contributed by atoms with Crippen molar-refractivity contribution in [3.8, 4) is 0 Å². The smallest absolute Gasteiger partial charge is 0.326 e. The fraction of sp³-hybridized carbons (Fsp3) is 0.837. The number of carbonyl (C=O) groups is 8. The molecule has 1 unspecified atom stereocenters. The Morgan fingerprint density at radius 1 is 0.522 bits per heavy atom. The van der Waals surface area contributed by atoms with E-state index in [2.05, 4.69) is 35.1 Å². The first-order chi connectivity index (χ1) is 32.3. The minimum Gasteiger partial charge on any atom is -0.481 e. The Morgan fingerprint density at radius 3 is 1.43 bits per heavy atom. The molecule has 17 nitrogen and oxygen atoms in total. The van der Waals surface area contributed by atoms with E-state index >= 15 is 0 Å². The summed E-state index contributed by atoms with van der Waals surface area (Å²) in [7, 11) is 0. The number of hydrogen-bond donors (Lipinski definition) is 7. The van der Waals surface area contributed by atoms with Crippen LogP contribution in [0.5, 0.6) is 0 Å².